The average Bonchev–Trinajstić information content (AvgIpc) is 2.79. The second kappa shape index (κ2) is 5.20. The van der Waals surface area contributed by atoms with Gasteiger partial charge < -0.3 is 5.84 Å². The second-order valence-corrected chi connectivity index (χ2v) is 4.69. The molecule has 2 N–H and O–H groups in total. The van der Waals surface area contributed by atoms with Crippen LogP contribution >= 0.6 is 0 Å². The Balaban J connectivity index is 0.000000180. The van der Waals surface area contributed by atoms with Gasteiger partial charge in [-0.15, -0.1) is 0 Å². The molecule has 4 rings (SSSR count). The summed E-state index contributed by atoms with van der Waals surface area (Å²) in [5.74, 6) is 4.82. The Bertz CT molecular complexity index is 712. The van der Waals surface area contributed by atoms with Crippen molar-refractivity contribution < 1.29 is 4.79 Å². The lowest BCUT2D eigenvalue weighted by molar-refractivity contribution is -0.112. The number of hydrogen-bond acceptors (Lipinski definition) is 4. The van der Waals surface area contributed by atoms with Crippen molar-refractivity contribution >= 4 is 23.0 Å². The smallest absolute Gasteiger partial charge is 0.301 e. The van der Waals surface area contributed by atoms with Crippen molar-refractivity contribution in [3.05, 3.63) is 54.6 Å². The summed E-state index contributed by atoms with van der Waals surface area (Å²) < 4.78 is 0. The molecule has 0 atom stereocenters. The minimum Gasteiger partial charge on any atom is -0.322 e. The lowest BCUT2D eigenvalue weighted by Crippen LogP contribution is -2.27. The molecule has 21 heavy (non-hydrogen) atoms. The molecule has 0 spiro atoms. The summed E-state index contributed by atoms with van der Waals surface area (Å²) in [6.45, 7) is 1.70. The van der Waals surface area contributed by atoms with Crippen LogP contribution in [0.15, 0.2) is 64.8 Å². The van der Waals surface area contributed by atoms with E-state index < -0.39 is 0 Å². The van der Waals surface area contributed by atoms with E-state index in [4.69, 9.17) is 5.84 Å². The maximum Gasteiger partial charge on any atom is 0.301 e. The van der Waals surface area contributed by atoms with Crippen molar-refractivity contribution in [1.82, 2.24) is 0 Å². The van der Waals surface area contributed by atoms with Crippen molar-refractivity contribution in [3.8, 4) is 11.1 Å². The van der Waals surface area contributed by atoms with Gasteiger partial charge in [0.15, 0.2) is 5.71 Å². The van der Waals surface area contributed by atoms with Gasteiger partial charge in [0.2, 0.25) is 0 Å². The third-order valence-electron chi connectivity index (χ3n) is 3.34. The molecular weight excluding hydrogens is 264 g/mol. The third-order valence-corrected chi connectivity index (χ3v) is 3.34. The van der Waals surface area contributed by atoms with Gasteiger partial charge in [0.1, 0.15) is 0 Å². The number of benzene rings is 2. The van der Waals surface area contributed by atoms with E-state index in [0.29, 0.717) is 11.4 Å². The molecule has 5 heteroatoms. The van der Waals surface area contributed by atoms with E-state index in [1.807, 2.05) is 18.2 Å². The van der Waals surface area contributed by atoms with Gasteiger partial charge >= 0.3 is 5.91 Å². The number of carbonyl (C=O) groups excluding carboxylic acids is 1. The van der Waals surface area contributed by atoms with Crippen LogP contribution in [0.4, 0.5) is 5.69 Å². The first-order chi connectivity index (χ1) is 10.2. The molecule has 0 saturated carbocycles. The molecular formula is C16H14N4O. The molecule has 2 aliphatic carbocycles. The van der Waals surface area contributed by atoms with Crippen LogP contribution in [0.5, 0.6) is 0 Å². The topological polar surface area (TPSA) is 71.0 Å². The summed E-state index contributed by atoms with van der Waals surface area (Å²) in [7, 11) is 0. The zero-order chi connectivity index (χ0) is 14.8. The van der Waals surface area contributed by atoms with Gasteiger partial charge in [-0.25, -0.2) is 0 Å². The molecule has 1 heterocycles. The highest BCUT2D eigenvalue weighted by Crippen LogP contribution is 2.29. The SMILES string of the molecule is CC1=NN(c2ccccc2)C(=O)C1=NN.c1cc2ccc1-2. The van der Waals surface area contributed by atoms with E-state index in [1.165, 1.54) is 16.1 Å². The number of carbonyl (C=O) groups is 1. The monoisotopic (exact) mass is 278 g/mol. The summed E-state index contributed by atoms with van der Waals surface area (Å²) >= 11 is 0. The summed E-state index contributed by atoms with van der Waals surface area (Å²) in [5.41, 5.74) is 4.30. The minimum absolute atomic E-state index is 0.207. The lowest BCUT2D eigenvalue weighted by Gasteiger charge is -2.10. The predicted molar refractivity (Wildman–Crippen MR) is 84.1 cm³/mol. The van der Waals surface area contributed by atoms with E-state index in [2.05, 4.69) is 34.5 Å². The Kier molecular flexibility index (Phi) is 3.23. The molecule has 1 aromatic carbocycles. The molecule has 104 valence electrons. The number of amides is 1. The zero-order valence-corrected chi connectivity index (χ0v) is 11.5. The minimum atomic E-state index is -0.291. The van der Waals surface area contributed by atoms with Crippen molar-refractivity contribution in [2.45, 2.75) is 6.92 Å². The number of hydrazone groups is 2. The van der Waals surface area contributed by atoms with Crippen LogP contribution in [-0.4, -0.2) is 17.3 Å². The van der Waals surface area contributed by atoms with E-state index in [9.17, 15) is 4.79 Å². The zero-order valence-electron chi connectivity index (χ0n) is 11.5. The molecule has 5 nitrogen and oxygen atoms in total. The van der Waals surface area contributed by atoms with Gasteiger partial charge in [-0.3, -0.25) is 4.79 Å². The van der Waals surface area contributed by atoms with Gasteiger partial charge in [0.05, 0.1) is 11.4 Å². The number of para-hydroxylation sites is 1. The maximum absolute atomic E-state index is 11.7. The number of rotatable bonds is 1. The van der Waals surface area contributed by atoms with Gasteiger partial charge in [-0.2, -0.15) is 15.2 Å². The van der Waals surface area contributed by atoms with Gasteiger partial charge in [-0.1, -0.05) is 42.5 Å². The first-order valence-electron chi connectivity index (χ1n) is 6.54. The van der Waals surface area contributed by atoms with Crippen molar-refractivity contribution in [1.29, 1.82) is 0 Å². The average molecular weight is 278 g/mol. The molecule has 0 aromatic heterocycles. The van der Waals surface area contributed by atoms with E-state index in [0.717, 1.165) is 0 Å². The molecule has 3 aliphatic rings. The highest BCUT2D eigenvalue weighted by Gasteiger charge is 2.30. The number of hydrogen-bond donors (Lipinski definition) is 1. The van der Waals surface area contributed by atoms with Gasteiger partial charge in [-0.05, 0) is 30.2 Å². The first kappa shape index (κ1) is 13.1. The molecule has 1 amide bonds. The van der Waals surface area contributed by atoms with Crippen LogP contribution in [0.3, 0.4) is 0 Å². The van der Waals surface area contributed by atoms with Crippen molar-refractivity contribution in [3.63, 3.8) is 0 Å². The quantitative estimate of drug-likeness (QED) is 0.548. The van der Waals surface area contributed by atoms with Crippen LogP contribution in [0.2, 0.25) is 0 Å². The highest BCUT2D eigenvalue weighted by molar-refractivity contribution is 6.71. The molecule has 0 unspecified atom stereocenters. The Morgan fingerprint density at radius 2 is 1.57 bits per heavy atom. The summed E-state index contributed by atoms with van der Waals surface area (Å²) in [5, 5.41) is 8.79. The Hall–Kier alpha value is -2.95. The Morgan fingerprint density at radius 3 is 1.95 bits per heavy atom. The fourth-order valence-electron chi connectivity index (χ4n) is 2.05. The first-order valence-corrected chi connectivity index (χ1v) is 6.54. The van der Waals surface area contributed by atoms with Crippen molar-refractivity contribution in [2.24, 2.45) is 16.0 Å². The molecule has 1 aliphatic heterocycles. The predicted octanol–water partition coefficient (Wildman–Crippen LogP) is 2.39. The largest absolute Gasteiger partial charge is 0.322 e. The van der Waals surface area contributed by atoms with Crippen LogP contribution in [0.1, 0.15) is 6.92 Å². The number of nitrogens with two attached hydrogens (primary N) is 1. The molecule has 1 aromatic rings. The summed E-state index contributed by atoms with van der Waals surface area (Å²) in [6, 6.07) is 17.6. The van der Waals surface area contributed by atoms with Crippen LogP contribution < -0.4 is 10.9 Å². The Morgan fingerprint density at radius 1 is 1.00 bits per heavy atom. The normalized spacial score (nSPS) is 16.4. The standard InChI is InChI=1S/C10H10N4O.C6H4/c1-7-9(12-11)10(15)14(13-7)8-5-3-2-4-6-8;1-2-6-4-3-5(1)6/h2-6H,11H2,1H3;1-4H. The lowest BCUT2D eigenvalue weighted by atomic mass is 9.95. The van der Waals surface area contributed by atoms with E-state index in [1.54, 1.807) is 19.1 Å². The second-order valence-electron chi connectivity index (χ2n) is 4.69. The number of fused-ring (bicyclic) bond motifs is 1. The van der Waals surface area contributed by atoms with Crippen LogP contribution in [-0.2, 0) is 4.79 Å². The Labute approximate surface area is 122 Å². The maximum atomic E-state index is 11.7. The molecule has 0 saturated heterocycles. The van der Waals surface area contributed by atoms with Gasteiger partial charge in [0.25, 0.3) is 0 Å². The fraction of sp³-hybridized carbons (Fsp3) is 0.0625. The molecule has 0 radical (unpaired) electrons. The fourth-order valence-corrected chi connectivity index (χ4v) is 2.05. The van der Waals surface area contributed by atoms with Crippen LogP contribution in [0.25, 0.3) is 11.1 Å². The van der Waals surface area contributed by atoms with Crippen molar-refractivity contribution in [2.75, 3.05) is 5.01 Å². The van der Waals surface area contributed by atoms with E-state index >= 15 is 0 Å². The molecule has 0 bridgehead atoms. The third kappa shape index (κ3) is 2.29. The highest BCUT2D eigenvalue weighted by atomic mass is 16.2. The number of anilines is 1. The summed E-state index contributed by atoms with van der Waals surface area (Å²) in [4.78, 5) is 11.7. The summed E-state index contributed by atoms with van der Waals surface area (Å²) in [6.07, 6.45) is 0. The van der Waals surface area contributed by atoms with Gasteiger partial charge in [0, 0.05) is 0 Å². The molecule has 0 fully saturated rings. The van der Waals surface area contributed by atoms with Crippen LogP contribution in [0, 0.1) is 0 Å². The van der Waals surface area contributed by atoms with E-state index in [-0.39, 0.29) is 11.6 Å². The number of nitrogens with zero attached hydrogens (tertiary/aromatic N) is 3.